The van der Waals surface area contributed by atoms with E-state index in [-0.39, 0.29) is 11.6 Å². The maximum absolute atomic E-state index is 11.3. The van der Waals surface area contributed by atoms with Gasteiger partial charge in [0.15, 0.2) is 5.82 Å². The van der Waals surface area contributed by atoms with Crippen molar-refractivity contribution in [2.75, 3.05) is 0 Å². The monoisotopic (exact) mass is 246 g/mol. The van der Waals surface area contributed by atoms with Crippen LogP contribution in [-0.2, 0) is 13.0 Å². The summed E-state index contributed by atoms with van der Waals surface area (Å²) in [7, 11) is 0. The summed E-state index contributed by atoms with van der Waals surface area (Å²) in [5.74, 6) is 0.645. The lowest BCUT2D eigenvalue weighted by Gasteiger charge is -2.25. The second-order valence-corrected chi connectivity index (χ2v) is 4.41. The second-order valence-electron chi connectivity index (χ2n) is 4.41. The fourth-order valence-electron chi connectivity index (χ4n) is 2.38. The maximum atomic E-state index is 11.3. The van der Waals surface area contributed by atoms with Gasteiger partial charge in [-0.15, -0.1) is 10.2 Å². The number of hydrogen-bond donors (Lipinski definition) is 3. The van der Waals surface area contributed by atoms with Gasteiger partial charge in [-0.05, 0) is 24.8 Å². The van der Waals surface area contributed by atoms with Crippen molar-refractivity contribution in [2.45, 2.75) is 31.8 Å². The molecule has 1 unspecified atom stereocenters. The smallest absolute Gasteiger partial charge is 0.248 e. The standard InChI is InChI=1S/C11H14N6O/c18-11-5-4-7-8(2-1-3-9(7)13-11)12-6-10-14-16-17-15-10/h4-5,8,12H,1-3,6H2,(H,13,18)(H,14,15,16,17). The van der Waals surface area contributed by atoms with Crippen LogP contribution in [0.4, 0.5) is 0 Å². The fraction of sp³-hybridized carbons (Fsp3) is 0.455. The predicted octanol–water partition coefficient (Wildman–Crippen LogP) is 0.0552. The molecule has 0 spiro atoms. The summed E-state index contributed by atoms with van der Waals surface area (Å²) in [5.41, 5.74) is 2.18. The number of tetrazole rings is 1. The number of nitrogens with one attached hydrogen (secondary N) is 3. The van der Waals surface area contributed by atoms with Crippen molar-refractivity contribution in [2.24, 2.45) is 0 Å². The quantitative estimate of drug-likeness (QED) is 0.711. The van der Waals surface area contributed by atoms with Crippen molar-refractivity contribution in [1.29, 1.82) is 0 Å². The SMILES string of the molecule is O=c1ccc2c([nH]1)CCCC2NCc1nn[nH]n1. The molecular weight excluding hydrogens is 232 g/mol. The Bertz CT molecular complexity index is 575. The normalized spacial score (nSPS) is 18.6. The molecule has 0 saturated heterocycles. The summed E-state index contributed by atoms with van der Waals surface area (Å²) in [4.78, 5) is 14.2. The Morgan fingerprint density at radius 2 is 2.39 bits per heavy atom. The number of nitrogens with zero attached hydrogens (tertiary/aromatic N) is 3. The van der Waals surface area contributed by atoms with Crippen LogP contribution in [0.1, 0.15) is 36.0 Å². The zero-order chi connectivity index (χ0) is 12.4. The zero-order valence-corrected chi connectivity index (χ0v) is 9.81. The van der Waals surface area contributed by atoms with Crippen LogP contribution in [-0.4, -0.2) is 25.6 Å². The molecule has 0 aromatic carbocycles. The molecule has 1 aliphatic rings. The molecular formula is C11H14N6O. The number of aromatic nitrogens is 5. The van der Waals surface area contributed by atoms with Crippen LogP contribution in [0.2, 0.25) is 0 Å². The molecule has 0 fully saturated rings. The summed E-state index contributed by atoms with van der Waals surface area (Å²) in [6, 6.07) is 3.72. The van der Waals surface area contributed by atoms with E-state index < -0.39 is 0 Å². The van der Waals surface area contributed by atoms with Crippen molar-refractivity contribution in [3.05, 3.63) is 39.6 Å². The average Bonchev–Trinajstić information content (AvgIpc) is 2.89. The van der Waals surface area contributed by atoms with E-state index in [1.54, 1.807) is 6.07 Å². The van der Waals surface area contributed by atoms with Gasteiger partial charge >= 0.3 is 0 Å². The van der Waals surface area contributed by atoms with E-state index in [1.165, 1.54) is 5.56 Å². The lowest BCUT2D eigenvalue weighted by Crippen LogP contribution is -2.27. The highest BCUT2D eigenvalue weighted by Gasteiger charge is 2.20. The number of rotatable bonds is 3. The van der Waals surface area contributed by atoms with Crippen molar-refractivity contribution < 1.29 is 0 Å². The van der Waals surface area contributed by atoms with Crippen LogP contribution >= 0.6 is 0 Å². The minimum atomic E-state index is -0.0347. The highest BCUT2D eigenvalue weighted by molar-refractivity contribution is 5.26. The molecule has 94 valence electrons. The lowest BCUT2D eigenvalue weighted by atomic mass is 9.91. The Labute approximate surface area is 103 Å². The van der Waals surface area contributed by atoms with Gasteiger partial charge in [0.25, 0.3) is 0 Å². The highest BCUT2D eigenvalue weighted by Crippen LogP contribution is 2.27. The first-order valence-electron chi connectivity index (χ1n) is 6.01. The van der Waals surface area contributed by atoms with E-state index in [1.807, 2.05) is 6.07 Å². The van der Waals surface area contributed by atoms with E-state index in [9.17, 15) is 4.79 Å². The molecule has 1 atom stereocenters. The molecule has 3 rings (SSSR count). The average molecular weight is 246 g/mol. The first-order chi connectivity index (χ1) is 8.83. The van der Waals surface area contributed by atoms with Gasteiger partial charge in [0, 0.05) is 17.8 Å². The maximum Gasteiger partial charge on any atom is 0.248 e. The molecule has 1 aliphatic carbocycles. The lowest BCUT2D eigenvalue weighted by molar-refractivity contribution is 0.447. The van der Waals surface area contributed by atoms with Gasteiger partial charge in [0.1, 0.15) is 0 Å². The Kier molecular flexibility index (Phi) is 2.89. The first kappa shape index (κ1) is 11.1. The predicted molar refractivity (Wildman–Crippen MR) is 63.8 cm³/mol. The Balaban J connectivity index is 1.77. The van der Waals surface area contributed by atoms with Crippen molar-refractivity contribution in [3.63, 3.8) is 0 Å². The minimum absolute atomic E-state index is 0.0347. The van der Waals surface area contributed by atoms with Crippen LogP contribution in [0.5, 0.6) is 0 Å². The minimum Gasteiger partial charge on any atom is -0.326 e. The summed E-state index contributed by atoms with van der Waals surface area (Å²) in [6.07, 6.45) is 3.06. The molecule has 0 amide bonds. The third-order valence-electron chi connectivity index (χ3n) is 3.23. The molecule has 2 aromatic heterocycles. The molecule has 0 radical (unpaired) electrons. The van der Waals surface area contributed by atoms with Gasteiger partial charge in [0.05, 0.1) is 6.54 Å². The number of aromatic amines is 2. The van der Waals surface area contributed by atoms with Crippen LogP contribution in [0, 0.1) is 0 Å². The van der Waals surface area contributed by atoms with E-state index in [2.05, 4.69) is 30.9 Å². The first-order valence-corrected chi connectivity index (χ1v) is 6.01. The Morgan fingerprint density at radius 1 is 1.44 bits per heavy atom. The van der Waals surface area contributed by atoms with Crippen LogP contribution < -0.4 is 10.9 Å². The number of aryl methyl sites for hydroxylation is 1. The van der Waals surface area contributed by atoms with E-state index in [0.717, 1.165) is 25.0 Å². The van der Waals surface area contributed by atoms with Gasteiger partial charge in [-0.25, -0.2) is 0 Å². The van der Waals surface area contributed by atoms with Gasteiger partial charge in [-0.2, -0.15) is 5.21 Å². The molecule has 18 heavy (non-hydrogen) atoms. The van der Waals surface area contributed by atoms with Gasteiger partial charge in [0.2, 0.25) is 5.56 Å². The number of fused-ring (bicyclic) bond motifs is 1. The zero-order valence-electron chi connectivity index (χ0n) is 9.81. The number of H-pyrrole nitrogens is 2. The van der Waals surface area contributed by atoms with E-state index in [0.29, 0.717) is 12.4 Å². The third kappa shape index (κ3) is 2.17. The second kappa shape index (κ2) is 4.69. The van der Waals surface area contributed by atoms with Crippen molar-refractivity contribution in [3.8, 4) is 0 Å². The number of pyridine rings is 1. The molecule has 3 N–H and O–H groups in total. The summed E-state index contributed by atoms with van der Waals surface area (Å²) >= 11 is 0. The molecule has 7 nitrogen and oxygen atoms in total. The summed E-state index contributed by atoms with van der Waals surface area (Å²) < 4.78 is 0. The molecule has 2 aromatic rings. The largest absolute Gasteiger partial charge is 0.326 e. The van der Waals surface area contributed by atoms with Gasteiger partial charge < -0.3 is 10.3 Å². The molecule has 7 heteroatoms. The molecule has 0 saturated carbocycles. The van der Waals surface area contributed by atoms with Gasteiger partial charge in [-0.1, -0.05) is 11.3 Å². The van der Waals surface area contributed by atoms with Crippen LogP contribution in [0.25, 0.3) is 0 Å². The van der Waals surface area contributed by atoms with Gasteiger partial charge in [-0.3, -0.25) is 4.79 Å². The highest BCUT2D eigenvalue weighted by atomic mass is 16.1. The van der Waals surface area contributed by atoms with E-state index >= 15 is 0 Å². The van der Waals surface area contributed by atoms with Crippen LogP contribution in [0.3, 0.4) is 0 Å². The van der Waals surface area contributed by atoms with Crippen molar-refractivity contribution >= 4 is 0 Å². The Hall–Kier alpha value is -2.02. The van der Waals surface area contributed by atoms with E-state index in [4.69, 9.17) is 0 Å². The van der Waals surface area contributed by atoms with Crippen LogP contribution in [0.15, 0.2) is 16.9 Å². The molecule has 0 aliphatic heterocycles. The van der Waals surface area contributed by atoms with Crippen molar-refractivity contribution in [1.82, 2.24) is 30.9 Å². The summed E-state index contributed by atoms with van der Waals surface area (Å²) in [5, 5.41) is 17.1. The summed E-state index contributed by atoms with van der Waals surface area (Å²) in [6.45, 7) is 0.569. The third-order valence-corrected chi connectivity index (χ3v) is 3.23. The topological polar surface area (TPSA) is 99.4 Å². The fourth-order valence-corrected chi connectivity index (χ4v) is 2.38. The number of hydrogen-bond acceptors (Lipinski definition) is 5. The Morgan fingerprint density at radius 3 is 3.22 bits per heavy atom. The molecule has 0 bridgehead atoms. The molecule has 2 heterocycles.